The lowest BCUT2D eigenvalue weighted by molar-refractivity contribution is -0.00860. The summed E-state index contributed by atoms with van der Waals surface area (Å²) in [6.45, 7) is 10.1. The molecule has 3 atom stereocenters. The molecular weight excluding hydrogens is 503 g/mol. The fraction of sp³-hybridized carbons (Fsp3) is 0.536. The standard InChI is InChI=1S/C28H37FN6O2S/c1-5-38(37)16-19-14-35(15-19)23-7-6-20(18(2)3)21-12-26(31-13-22(21)23)32-25-8-10-30-27(33-25)34-11-9-24(36)28(4,29)17-34/h6-8,10,12-13,18-19,24,36H,5,9,11,14-17H2,1-4H3,(H,30,31,32,33). The zero-order chi connectivity index (χ0) is 27.0. The molecular formula is C28H37FN6O2S. The fourth-order valence-electron chi connectivity index (χ4n) is 5.36. The van der Waals surface area contributed by atoms with Crippen LogP contribution in [0.1, 0.15) is 45.6 Å². The molecule has 0 radical (unpaired) electrons. The number of anilines is 4. The molecule has 3 unspecified atom stereocenters. The van der Waals surface area contributed by atoms with Crippen molar-refractivity contribution < 1.29 is 13.7 Å². The molecule has 2 aliphatic rings. The van der Waals surface area contributed by atoms with Gasteiger partial charge in [0.05, 0.1) is 12.6 Å². The quantitative estimate of drug-likeness (QED) is 0.434. The van der Waals surface area contributed by atoms with Gasteiger partial charge in [0, 0.05) is 71.3 Å². The highest BCUT2D eigenvalue weighted by Crippen LogP contribution is 2.37. The first kappa shape index (κ1) is 26.7. The molecule has 2 saturated heterocycles. The number of halogens is 1. The average Bonchev–Trinajstić information content (AvgIpc) is 2.86. The van der Waals surface area contributed by atoms with Crippen molar-refractivity contribution in [2.24, 2.45) is 5.92 Å². The third-order valence-corrected chi connectivity index (χ3v) is 9.11. The van der Waals surface area contributed by atoms with Crippen molar-refractivity contribution >= 4 is 44.8 Å². The van der Waals surface area contributed by atoms with E-state index in [1.54, 1.807) is 17.2 Å². The van der Waals surface area contributed by atoms with Gasteiger partial charge in [0.15, 0.2) is 5.67 Å². The molecule has 0 saturated carbocycles. The second-order valence-corrected chi connectivity index (χ2v) is 12.8. The summed E-state index contributed by atoms with van der Waals surface area (Å²) >= 11 is 0. The summed E-state index contributed by atoms with van der Waals surface area (Å²) in [5.41, 5.74) is 0.697. The van der Waals surface area contributed by atoms with Crippen molar-refractivity contribution in [3.63, 3.8) is 0 Å². The molecule has 2 fully saturated rings. The maximum absolute atomic E-state index is 14.7. The van der Waals surface area contributed by atoms with Crippen LogP contribution in [0.3, 0.4) is 0 Å². The van der Waals surface area contributed by atoms with E-state index >= 15 is 0 Å². The van der Waals surface area contributed by atoms with Crippen LogP contribution >= 0.6 is 0 Å². The Morgan fingerprint density at radius 2 is 1.97 bits per heavy atom. The molecule has 0 amide bonds. The predicted octanol–water partition coefficient (Wildman–Crippen LogP) is 4.40. The maximum Gasteiger partial charge on any atom is 0.227 e. The highest BCUT2D eigenvalue weighted by molar-refractivity contribution is 7.84. The summed E-state index contributed by atoms with van der Waals surface area (Å²) in [6.07, 6.45) is 2.91. The number of aliphatic hydroxyl groups is 1. The van der Waals surface area contributed by atoms with E-state index in [1.807, 2.05) is 13.1 Å². The maximum atomic E-state index is 14.7. The van der Waals surface area contributed by atoms with E-state index in [4.69, 9.17) is 4.98 Å². The minimum atomic E-state index is -1.71. The van der Waals surface area contributed by atoms with Gasteiger partial charge in [-0.25, -0.2) is 14.4 Å². The van der Waals surface area contributed by atoms with Gasteiger partial charge < -0.3 is 20.2 Å². The molecule has 2 aliphatic heterocycles. The molecule has 0 aliphatic carbocycles. The Morgan fingerprint density at radius 1 is 1.18 bits per heavy atom. The minimum Gasteiger partial charge on any atom is -0.390 e. The molecule has 1 aromatic carbocycles. The number of hydrogen-bond acceptors (Lipinski definition) is 8. The van der Waals surface area contributed by atoms with E-state index in [9.17, 15) is 13.7 Å². The average molecular weight is 541 g/mol. The van der Waals surface area contributed by atoms with Crippen LogP contribution in [0.2, 0.25) is 0 Å². The molecule has 2 aromatic heterocycles. The van der Waals surface area contributed by atoms with E-state index in [-0.39, 0.29) is 6.54 Å². The van der Waals surface area contributed by atoms with E-state index in [1.165, 1.54) is 12.5 Å². The van der Waals surface area contributed by atoms with Crippen molar-refractivity contribution in [1.82, 2.24) is 15.0 Å². The first-order chi connectivity index (χ1) is 18.1. The highest BCUT2D eigenvalue weighted by Gasteiger charge is 2.39. The van der Waals surface area contributed by atoms with Gasteiger partial charge in [0.2, 0.25) is 5.95 Å². The first-order valence-electron chi connectivity index (χ1n) is 13.4. The van der Waals surface area contributed by atoms with Crippen LogP contribution in [0.5, 0.6) is 0 Å². The van der Waals surface area contributed by atoms with Crippen molar-refractivity contribution in [3.05, 3.63) is 42.2 Å². The van der Waals surface area contributed by atoms with Gasteiger partial charge in [-0.1, -0.05) is 26.8 Å². The van der Waals surface area contributed by atoms with Gasteiger partial charge in [0.1, 0.15) is 11.6 Å². The lowest BCUT2D eigenvalue weighted by Crippen LogP contribution is -2.52. The van der Waals surface area contributed by atoms with Crippen LogP contribution < -0.4 is 15.1 Å². The SMILES string of the molecule is CCS(=O)CC1CN(c2ccc(C(C)C)c3cc(Nc4ccnc(N5CCC(O)C(C)(F)C5)n4)ncc23)C1. The Hall–Kier alpha value is -2.85. The zero-order valence-corrected chi connectivity index (χ0v) is 23.3. The van der Waals surface area contributed by atoms with Crippen LogP contribution in [0.25, 0.3) is 10.8 Å². The third kappa shape index (κ3) is 5.47. The van der Waals surface area contributed by atoms with Crippen LogP contribution in [0, 0.1) is 5.92 Å². The zero-order valence-electron chi connectivity index (χ0n) is 22.5. The van der Waals surface area contributed by atoms with Crippen molar-refractivity contribution in [3.8, 4) is 0 Å². The predicted molar refractivity (Wildman–Crippen MR) is 153 cm³/mol. The number of pyridine rings is 1. The Bertz CT molecular complexity index is 1330. The largest absolute Gasteiger partial charge is 0.390 e. The van der Waals surface area contributed by atoms with Crippen LogP contribution in [-0.4, -0.2) is 73.7 Å². The number of nitrogens with zero attached hydrogens (tertiary/aromatic N) is 5. The molecule has 2 N–H and O–H groups in total. The van der Waals surface area contributed by atoms with Crippen LogP contribution in [-0.2, 0) is 10.8 Å². The lowest BCUT2D eigenvalue weighted by atomic mass is 9.93. The lowest BCUT2D eigenvalue weighted by Gasteiger charge is -2.41. The number of rotatable bonds is 8. The number of nitrogens with one attached hydrogen (secondary N) is 1. The molecule has 8 nitrogen and oxygen atoms in total. The second kappa shape index (κ2) is 10.7. The van der Waals surface area contributed by atoms with E-state index in [2.05, 4.69) is 52.2 Å². The number of aromatic nitrogens is 3. The Labute approximate surface area is 226 Å². The minimum absolute atomic E-state index is 0.0398. The summed E-state index contributed by atoms with van der Waals surface area (Å²) in [5.74, 6) is 3.96. The molecule has 3 aromatic rings. The number of hydrogen-bond donors (Lipinski definition) is 2. The molecule has 0 spiro atoms. The van der Waals surface area contributed by atoms with Crippen molar-refractivity contribution in [1.29, 1.82) is 0 Å². The molecule has 38 heavy (non-hydrogen) atoms. The Morgan fingerprint density at radius 3 is 2.68 bits per heavy atom. The topological polar surface area (TPSA) is 94.5 Å². The molecule has 204 valence electrons. The molecule has 10 heteroatoms. The number of alkyl halides is 1. The van der Waals surface area contributed by atoms with E-state index < -0.39 is 22.6 Å². The number of aliphatic hydroxyl groups excluding tert-OH is 1. The fourth-order valence-corrected chi connectivity index (χ4v) is 6.33. The Balaban J connectivity index is 1.38. The summed E-state index contributed by atoms with van der Waals surface area (Å²) in [5, 5.41) is 15.5. The summed E-state index contributed by atoms with van der Waals surface area (Å²) in [6, 6.07) is 8.22. The summed E-state index contributed by atoms with van der Waals surface area (Å²) < 4.78 is 26.7. The molecule has 5 rings (SSSR count). The smallest absolute Gasteiger partial charge is 0.227 e. The number of fused-ring (bicyclic) bond motifs is 1. The van der Waals surface area contributed by atoms with E-state index in [0.29, 0.717) is 48.1 Å². The van der Waals surface area contributed by atoms with Crippen LogP contribution in [0.15, 0.2) is 36.7 Å². The van der Waals surface area contributed by atoms with E-state index in [0.717, 1.165) is 35.3 Å². The number of piperidine rings is 1. The monoisotopic (exact) mass is 540 g/mol. The van der Waals surface area contributed by atoms with Crippen molar-refractivity contribution in [2.45, 2.75) is 51.8 Å². The normalized spacial score (nSPS) is 23.1. The third-order valence-electron chi connectivity index (χ3n) is 7.62. The second-order valence-electron chi connectivity index (χ2n) is 11.0. The number of benzene rings is 1. The Kier molecular flexibility index (Phi) is 7.55. The summed E-state index contributed by atoms with van der Waals surface area (Å²) in [4.78, 5) is 17.8. The van der Waals surface area contributed by atoms with Crippen LogP contribution in [0.4, 0.5) is 27.7 Å². The van der Waals surface area contributed by atoms with Gasteiger partial charge in [-0.3, -0.25) is 4.21 Å². The highest BCUT2D eigenvalue weighted by atomic mass is 32.2. The van der Waals surface area contributed by atoms with Crippen molar-refractivity contribution in [2.75, 3.05) is 52.8 Å². The van der Waals surface area contributed by atoms with Gasteiger partial charge in [0.25, 0.3) is 0 Å². The van der Waals surface area contributed by atoms with Gasteiger partial charge >= 0.3 is 0 Å². The summed E-state index contributed by atoms with van der Waals surface area (Å²) in [7, 11) is -0.736. The van der Waals surface area contributed by atoms with Gasteiger partial charge in [-0.05, 0) is 48.4 Å². The molecule has 0 bridgehead atoms. The van der Waals surface area contributed by atoms with Gasteiger partial charge in [-0.15, -0.1) is 0 Å². The first-order valence-corrected chi connectivity index (χ1v) is 14.9. The van der Waals surface area contributed by atoms with Gasteiger partial charge in [-0.2, -0.15) is 4.98 Å². The molecule has 4 heterocycles.